The van der Waals surface area contributed by atoms with Crippen LogP contribution in [0.1, 0.15) is 5.56 Å². The van der Waals surface area contributed by atoms with Crippen molar-refractivity contribution < 1.29 is 23.7 Å². The van der Waals surface area contributed by atoms with E-state index in [2.05, 4.69) is 15.6 Å². The zero-order chi connectivity index (χ0) is 20.2. The number of thiazole rings is 1. The molecule has 0 bridgehead atoms. The number of hydrogen-bond acceptors (Lipinski definition) is 7. The van der Waals surface area contributed by atoms with Crippen LogP contribution in [0, 0.1) is 0 Å². The zero-order valence-electron chi connectivity index (χ0n) is 15.9. The molecule has 0 radical (unpaired) electrons. The summed E-state index contributed by atoms with van der Waals surface area (Å²) >= 11 is 1.35. The summed E-state index contributed by atoms with van der Waals surface area (Å²) in [6.07, 6.45) is 0. The van der Waals surface area contributed by atoms with E-state index in [9.17, 15) is 4.79 Å². The van der Waals surface area contributed by atoms with E-state index >= 15 is 0 Å². The van der Waals surface area contributed by atoms with Crippen LogP contribution in [0.25, 0.3) is 11.3 Å². The second-order valence-electron chi connectivity index (χ2n) is 6.10. The topological polar surface area (TPSA) is 90.9 Å². The Balaban J connectivity index is 1.36. The number of amides is 2. The molecule has 1 aliphatic heterocycles. The van der Waals surface area contributed by atoms with Gasteiger partial charge in [0.2, 0.25) is 6.79 Å². The summed E-state index contributed by atoms with van der Waals surface area (Å²) in [7, 11) is 3.15. The van der Waals surface area contributed by atoms with Crippen molar-refractivity contribution in [3.05, 3.63) is 47.3 Å². The minimum Gasteiger partial charge on any atom is -0.493 e. The Hall–Kier alpha value is -3.46. The molecule has 150 valence electrons. The molecule has 0 saturated heterocycles. The van der Waals surface area contributed by atoms with Crippen LogP contribution in [0.3, 0.4) is 0 Å². The maximum atomic E-state index is 12.2. The Bertz CT molecular complexity index is 1040. The number of hydrogen-bond donors (Lipinski definition) is 2. The SMILES string of the molecule is COc1ccc(CNC(=O)Nc2nc(-c3ccc4c(c3)OCO4)cs2)cc1OC. The molecule has 2 heterocycles. The summed E-state index contributed by atoms with van der Waals surface area (Å²) < 4.78 is 21.2. The summed E-state index contributed by atoms with van der Waals surface area (Å²) in [4.78, 5) is 16.7. The Morgan fingerprint density at radius 2 is 1.93 bits per heavy atom. The van der Waals surface area contributed by atoms with E-state index in [0.717, 1.165) is 22.6 Å². The van der Waals surface area contributed by atoms with Crippen LogP contribution >= 0.6 is 11.3 Å². The van der Waals surface area contributed by atoms with E-state index in [-0.39, 0.29) is 12.8 Å². The molecule has 0 saturated carbocycles. The third kappa shape index (κ3) is 4.19. The molecule has 0 fully saturated rings. The Morgan fingerprint density at radius 3 is 2.76 bits per heavy atom. The molecule has 1 aromatic heterocycles. The average Bonchev–Trinajstić information content (AvgIpc) is 3.40. The number of aromatic nitrogens is 1. The van der Waals surface area contributed by atoms with Crippen LogP contribution in [-0.4, -0.2) is 32.0 Å². The third-order valence-electron chi connectivity index (χ3n) is 4.29. The van der Waals surface area contributed by atoms with Gasteiger partial charge in [-0.25, -0.2) is 9.78 Å². The lowest BCUT2D eigenvalue weighted by molar-refractivity contribution is 0.174. The molecule has 29 heavy (non-hydrogen) atoms. The van der Waals surface area contributed by atoms with E-state index < -0.39 is 0 Å². The number of urea groups is 1. The van der Waals surface area contributed by atoms with E-state index in [0.29, 0.717) is 28.9 Å². The highest BCUT2D eigenvalue weighted by atomic mass is 32.1. The number of anilines is 1. The third-order valence-corrected chi connectivity index (χ3v) is 5.05. The average molecular weight is 413 g/mol. The quantitative estimate of drug-likeness (QED) is 0.637. The maximum Gasteiger partial charge on any atom is 0.321 e. The molecule has 1 aliphatic rings. The molecule has 8 nitrogen and oxygen atoms in total. The highest BCUT2D eigenvalue weighted by molar-refractivity contribution is 7.14. The van der Waals surface area contributed by atoms with Crippen molar-refractivity contribution in [1.82, 2.24) is 10.3 Å². The van der Waals surface area contributed by atoms with Gasteiger partial charge >= 0.3 is 6.03 Å². The van der Waals surface area contributed by atoms with Gasteiger partial charge in [0.15, 0.2) is 28.1 Å². The Kier molecular flexibility index (Phi) is 5.39. The minimum absolute atomic E-state index is 0.225. The smallest absolute Gasteiger partial charge is 0.321 e. The van der Waals surface area contributed by atoms with Crippen molar-refractivity contribution in [2.45, 2.75) is 6.54 Å². The predicted octanol–water partition coefficient (Wildman–Crippen LogP) is 3.88. The number of rotatable bonds is 6. The predicted molar refractivity (Wildman–Crippen MR) is 109 cm³/mol. The summed E-state index contributed by atoms with van der Waals surface area (Å²) in [5.74, 6) is 2.66. The molecule has 0 atom stereocenters. The van der Waals surface area contributed by atoms with Crippen LogP contribution in [0.4, 0.5) is 9.93 Å². The standard InChI is InChI=1S/C20H19N3O5S/c1-25-15-5-3-12(7-17(15)26-2)9-21-19(24)23-20-22-14(10-29-20)13-4-6-16-18(8-13)28-11-27-16/h3-8,10H,9,11H2,1-2H3,(H2,21,22,23,24). The van der Waals surface area contributed by atoms with Crippen molar-refractivity contribution in [3.63, 3.8) is 0 Å². The van der Waals surface area contributed by atoms with Gasteiger partial charge in [0, 0.05) is 17.5 Å². The number of ether oxygens (including phenoxy) is 4. The van der Waals surface area contributed by atoms with Gasteiger partial charge in [-0.2, -0.15) is 0 Å². The highest BCUT2D eigenvalue weighted by Crippen LogP contribution is 2.36. The number of nitrogens with zero attached hydrogens (tertiary/aromatic N) is 1. The lowest BCUT2D eigenvalue weighted by Crippen LogP contribution is -2.28. The van der Waals surface area contributed by atoms with Crippen molar-refractivity contribution in [2.24, 2.45) is 0 Å². The molecule has 0 unspecified atom stereocenters. The van der Waals surface area contributed by atoms with Crippen molar-refractivity contribution in [3.8, 4) is 34.3 Å². The van der Waals surface area contributed by atoms with Gasteiger partial charge in [0.1, 0.15) is 0 Å². The van der Waals surface area contributed by atoms with Gasteiger partial charge < -0.3 is 24.3 Å². The molecule has 4 rings (SSSR count). The van der Waals surface area contributed by atoms with Gasteiger partial charge in [-0.15, -0.1) is 11.3 Å². The zero-order valence-corrected chi connectivity index (χ0v) is 16.7. The second kappa shape index (κ2) is 8.27. The number of carbonyl (C=O) groups excluding carboxylic acids is 1. The number of benzene rings is 2. The second-order valence-corrected chi connectivity index (χ2v) is 6.96. The fourth-order valence-electron chi connectivity index (χ4n) is 2.83. The summed E-state index contributed by atoms with van der Waals surface area (Å²) in [6.45, 7) is 0.565. The van der Waals surface area contributed by atoms with Crippen LogP contribution in [0.5, 0.6) is 23.0 Å². The van der Waals surface area contributed by atoms with Gasteiger partial charge in [-0.05, 0) is 35.9 Å². The summed E-state index contributed by atoms with van der Waals surface area (Å²) in [5.41, 5.74) is 2.53. The lowest BCUT2D eigenvalue weighted by Gasteiger charge is -2.10. The summed E-state index contributed by atoms with van der Waals surface area (Å²) in [6, 6.07) is 10.8. The normalized spacial score (nSPS) is 11.8. The van der Waals surface area contributed by atoms with Crippen LogP contribution in [0.2, 0.25) is 0 Å². The van der Waals surface area contributed by atoms with E-state index in [1.54, 1.807) is 20.3 Å². The molecule has 0 spiro atoms. The lowest BCUT2D eigenvalue weighted by atomic mass is 10.1. The molecular formula is C20H19N3O5S. The van der Waals surface area contributed by atoms with Gasteiger partial charge in [0.05, 0.1) is 19.9 Å². The number of methoxy groups -OCH3 is 2. The molecule has 3 aromatic rings. The van der Waals surface area contributed by atoms with Gasteiger partial charge in [0.25, 0.3) is 0 Å². The summed E-state index contributed by atoms with van der Waals surface area (Å²) in [5, 5.41) is 7.93. The first-order valence-corrected chi connectivity index (χ1v) is 9.65. The van der Waals surface area contributed by atoms with Gasteiger partial charge in [-0.1, -0.05) is 6.07 Å². The first-order chi connectivity index (χ1) is 14.2. The molecule has 2 amide bonds. The fourth-order valence-corrected chi connectivity index (χ4v) is 3.55. The monoisotopic (exact) mass is 413 g/mol. The maximum absolute atomic E-state index is 12.2. The largest absolute Gasteiger partial charge is 0.493 e. The fraction of sp³-hybridized carbons (Fsp3) is 0.200. The molecule has 2 aromatic carbocycles. The van der Waals surface area contributed by atoms with Crippen molar-refractivity contribution in [1.29, 1.82) is 0 Å². The van der Waals surface area contributed by atoms with E-state index in [1.165, 1.54) is 11.3 Å². The van der Waals surface area contributed by atoms with Crippen molar-refractivity contribution >= 4 is 22.5 Å². The number of carbonyl (C=O) groups is 1. The van der Waals surface area contributed by atoms with E-state index in [4.69, 9.17) is 18.9 Å². The molecule has 0 aliphatic carbocycles. The van der Waals surface area contributed by atoms with E-state index in [1.807, 2.05) is 35.7 Å². The van der Waals surface area contributed by atoms with Crippen LogP contribution in [-0.2, 0) is 6.54 Å². The van der Waals surface area contributed by atoms with Crippen LogP contribution < -0.4 is 29.6 Å². The number of nitrogens with one attached hydrogen (secondary N) is 2. The van der Waals surface area contributed by atoms with Crippen molar-refractivity contribution in [2.75, 3.05) is 26.3 Å². The first-order valence-electron chi connectivity index (χ1n) is 8.77. The Labute approximate surface area is 171 Å². The number of fused-ring (bicyclic) bond motifs is 1. The Morgan fingerprint density at radius 1 is 1.10 bits per heavy atom. The van der Waals surface area contributed by atoms with Gasteiger partial charge in [-0.3, -0.25) is 5.32 Å². The van der Waals surface area contributed by atoms with Crippen LogP contribution in [0.15, 0.2) is 41.8 Å². The minimum atomic E-state index is -0.341. The highest BCUT2D eigenvalue weighted by Gasteiger charge is 2.15. The molecule has 2 N–H and O–H groups in total. The molecular weight excluding hydrogens is 394 g/mol. The molecule has 9 heteroatoms. The first kappa shape index (κ1) is 18.9.